The van der Waals surface area contributed by atoms with Crippen LogP contribution in [0.4, 0.5) is 0 Å². The van der Waals surface area contributed by atoms with Gasteiger partial charge in [-0.2, -0.15) is 0 Å². The summed E-state index contributed by atoms with van der Waals surface area (Å²) in [5.74, 6) is 0.702. The molecule has 3 nitrogen and oxygen atoms in total. The van der Waals surface area contributed by atoms with Gasteiger partial charge in [-0.25, -0.2) is 4.98 Å². The lowest BCUT2D eigenvalue weighted by Gasteiger charge is -2.02. The second-order valence-electron chi connectivity index (χ2n) is 3.96. The second-order valence-corrected chi connectivity index (χ2v) is 5.94. The number of nitrogens with zero attached hydrogens (tertiary/aromatic N) is 1. The van der Waals surface area contributed by atoms with Crippen molar-refractivity contribution in [2.24, 2.45) is 0 Å². The molecule has 0 aliphatic rings. The van der Waals surface area contributed by atoms with E-state index in [9.17, 15) is 4.79 Å². The van der Waals surface area contributed by atoms with Gasteiger partial charge in [0, 0.05) is 15.4 Å². The van der Waals surface area contributed by atoms with Crippen LogP contribution in [0.25, 0.3) is 21.3 Å². The zero-order valence-electron chi connectivity index (χ0n) is 9.61. The molecule has 96 valence electrons. The molecule has 0 bridgehead atoms. The number of hydrogen-bond acceptors (Lipinski definition) is 3. The summed E-state index contributed by atoms with van der Waals surface area (Å²) in [4.78, 5) is 19.9. The summed E-state index contributed by atoms with van der Waals surface area (Å²) in [6, 6.07) is 7.81. The van der Waals surface area contributed by atoms with Gasteiger partial charge in [0.05, 0.1) is 11.3 Å². The Morgan fingerprint density at radius 1 is 1.32 bits per heavy atom. The first-order chi connectivity index (χ1) is 9.20. The van der Waals surface area contributed by atoms with Crippen molar-refractivity contribution < 1.29 is 0 Å². The van der Waals surface area contributed by atoms with Gasteiger partial charge in [-0.3, -0.25) is 4.79 Å². The number of H-pyrrole nitrogens is 1. The van der Waals surface area contributed by atoms with Crippen LogP contribution in [0, 0.1) is 0 Å². The van der Waals surface area contributed by atoms with E-state index < -0.39 is 0 Å². The smallest absolute Gasteiger partial charge is 0.260 e. The molecule has 0 aliphatic heterocycles. The number of nitrogens with one attached hydrogen (secondary N) is 1. The van der Waals surface area contributed by atoms with Crippen LogP contribution in [0.5, 0.6) is 0 Å². The number of fused-ring (bicyclic) bond motifs is 1. The summed E-state index contributed by atoms with van der Waals surface area (Å²) >= 11 is 10.7. The highest BCUT2D eigenvalue weighted by Crippen LogP contribution is 2.34. The molecule has 0 aliphatic carbocycles. The van der Waals surface area contributed by atoms with Crippen molar-refractivity contribution >= 4 is 49.1 Å². The lowest BCUT2D eigenvalue weighted by Crippen LogP contribution is -2.10. The minimum Gasteiger partial charge on any atom is -0.309 e. The molecule has 3 rings (SSSR count). The van der Waals surface area contributed by atoms with Crippen molar-refractivity contribution in [3.05, 3.63) is 50.3 Å². The van der Waals surface area contributed by atoms with E-state index in [0.717, 1.165) is 15.6 Å². The number of aromatic nitrogens is 2. The maximum Gasteiger partial charge on any atom is 0.260 e. The number of aromatic amines is 1. The Labute approximate surface area is 126 Å². The van der Waals surface area contributed by atoms with E-state index in [1.807, 2.05) is 29.6 Å². The summed E-state index contributed by atoms with van der Waals surface area (Å²) in [6.07, 6.45) is 0. The predicted octanol–water partition coefficient (Wildman–Crippen LogP) is 4.15. The Bertz CT molecular complexity index is 812. The summed E-state index contributed by atoms with van der Waals surface area (Å²) in [7, 11) is 0. The van der Waals surface area contributed by atoms with Gasteiger partial charge in [0.1, 0.15) is 10.7 Å². The molecule has 0 spiro atoms. The number of halogens is 2. The van der Waals surface area contributed by atoms with Crippen molar-refractivity contribution in [3.8, 4) is 11.1 Å². The Morgan fingerprint density at radius 2 is 2.11 bits per heavy atom. The van der Waals surface area contributed by atoms with Gasteiger partial charge >= 0.3 is 0 Å². The summed E-state index contributed by atoms with van der Waals surface area (Å²) in [5.41, 5.74) is 1.73. The highest BCUT2D eigenvalue weighted by Gasteiger charge is 2.14. The van der Waals surface area contributed by atoms with Gasteiger partial charge < -0.3 is 4.98 Å². The normalized spacial score (nSPS) is 11.1. The van der Waals surface area contributed by atoms with Gasteiger partial charge in [0.2, 0.25) is 0 Å². The molecule has 2 heterocycles. The average Bonchev–Trinajstić information content (AvgIpc) is 2.83. The van der Waals surface area contributed by atoms with E-state index in [4.69, 9.17) is 11.6 Å². The van der Waals surface area contributed by atoms with Gasteiger partial charge in [0.25, 0.3) is 5.56 Å². The third-order valence-corrected chi connectivity index (χ3v) is 4.60. The highest BCUT2D eigenvalue weighted by atomic mass is 79.9. The van der Waals surface area contributed by atoms with Crippen molar-refractivity contribution in [1.82, 2.24) is 9.97 Å². The molecular weight excluding hydrogens is 348 g/mol. The largest absolute Gasteiger partial charge is 0.309 e. The molecule has 0 fully saturated rings. The third kappa shape index (κ3) is 2.22. The molecule has 1 N–H and O–H groups in total. The Morgan fingerprint density at radius 3 is 2.84 bits per heavy atom. The number of thiophene rings is 1. The first-order valence-electron chi connectivity index (χ1n) is 5.52. The van der Waals surface area contributed by atoms with Gasteiger partial charge in [-0.05, 0) is 11.6 Å². The summed E-state index contributed by atoms with van der Waals surface area (Å²) in [5, 5.41) is 2.57. The fourth-order valence-electron chi connectivity index (χ4n) is 1.93. The van der Waals surface area contributed by atoms with Crippen LogP contribution in [0.15, 0.2) is 38.9 Å². The number of alkyl halides is 1. The monoisotopic (exact) mass is 354 g/mol. The van der Waals surface area contributed by atoms with E-state index in [1.54, 1.807) is 0 Å². The molecule has 0 saturated carbocycles. The zero-order chi connectivity index (χ0) is 13.4. The molecule has 6 heteroatoms. The topological polar surface area (TPSA) is 45.8 Å². The van der Waals surface area contributed by atoms with Crippen LogP contribution in [-0.4, -0.2) is 9.97 Å². The minimum atomic E-state index is -0.146. The molecule has 0 amide bonds. The van der Waals surface area contributed by atoms with Crippen LogP contribution >= 0.6 is 38.9 Å². The zero-order valence-corrected chi connectivity index (χ0v) is 12.8. The van der Waals surface area contributed by atoms with E-state index >= 15 is 0 Å². The van der Waals surface area contributed by atoms with E-state index in [1.165, 1.54) is 11.3 Å². The van der Waals surface area contributed by atoms with Crippen LogP contribution in [0.2, 0.25) is 0 Å². The molecule has 0 unspecified atom stereocenters. The maximum absolute atomic E-state index is 12.2. The average molecular weight is 356 g/mol. The first kappa shape index (κ1) is 12.8. The maximum atomic E-state index is 12.2. The van der Waals surface area contributed by atoms with E-state index in [2.05, 4.69) is 25.9 Å². The SMILES string of the molecule is O=c1[nH]c(CCl)nc2scc(-c3ccccc3Br)c12. The lowest BCUT2D eigenvalue weighted by atomic mass is 10.1. The van der Waals surface area contributed by atoms with Crippen molar-refractivity contribution in [1.29, 1.82) is 0 Å². The van der Waals surface area contributed by atoms with Gasteiger partial charge in [0.15, 0.2) is 0 Å². The van der Waals surface area contributed by atoms with Crippen LogP contribution in [0.1, 0.15) is 5.82 Å². The van der Waals surface area contributed by atoms with Gasteiger partial charge in [-0.15, -0.1) is 22.9 Å². The quantitative estimate of drug-likeness (QED) is 0.702. The molecule has 0 atom stereocenters. The molecule has 2 aromatic heterocycles. The first-order valence-corrected chi connectivity index (χ1v) is 7.72. The molecule has 1 aromatic carbocycles. The van der Waals surface area contributed by atoms with Gasteiger partial charge in [-0.1, -0.05) is 34.1 Å². The van der Waals surface area contributed by atoms with E-state index in [0.29, 0.717) is 16.0 Å². The minimum absolute atomic E-state index is 0.146. The Balaban J connectivity index is 2.33. The third-order valence-electron chi connectivity index (χ3n) is 2.78. The Hall–Kier alpha value is -1.17. The number of hydrogen-bond donors (Lipinski definition) is 1. The molecule has 0 saturated heterocycles. The fraction of sp³-hybridized carbons (Fsp3) is 0.0769. The molecule has 19 heavy (non-hydrogen) atoms. The van der Waals surface area contributed by atoms with Crippen molar-refractivity contribution in [2.75, 3.05) is 0 Å². The summed E-state index contributed by atoms with van der Waals surface area (Å²) in [6.45, 7) is 0. The summed E-state index contributed by atoms with van der Waals surface area (Å²) < 4.78 is 0.954. The lowest BCUT2D eigenvalue weighted by molar-refractivity contribution is 1.04. The van der Waals surface area contributed by atoms with Crippen LogP contribution in [-0.2, 0) is 5.88 Å². The predicted molar refractivity (Wildman–Crippen MR) is 82.9 cm³/mol. The standard InChI is InChI=1S/C13H8BrClN2OS/c14-9-4-2-1-3-7(9)8-6-19-13-11(8)12(18)16-10(5-15)17-13/h1-4,6H,5H2,(H,16,17,18). The Kier molecular flexibility index (Phi) is 3.43. The molecule has 0 radical (unpaired) electrons. The fourth-order valence-corrected chi connectivity index (χ4v) is 3.52. The number of benzene rings is 1. The van der Waals surface area contributed by atoms with Crippen LogP contribution < -0.4 is 5.56 Å². The van der Waals surface area contributed by atoms with E-state index in [-0.39, 0.29) is 11.4 Å². The number of rotatable bonds is 2. The highest BCUT2D eigenvalue weighted by molar-refractivity contribution is 9.10. The van der Waals surface area contributed by atoms with Crippen molar-refractivity contribution in [2.45, 2.75) is 5.88 Å². The second kappa shape index (κ2) is 5.07. The molecular formula is C13H8BrClN2OS. The van der Waals surface area contributed by atoms with Crippen LogP contribution in [0.3, 0.4) is 0 Å². The van der Waals surface area contributed by atoms with Crippen molar-refractivity contribution in [3.63, 3.8) is 0 Å². The molecule has 3 aromatic rings.